The molecule has 1 saturated heterocycles. The maximum absolute atomic E-state index is 13.9. The number of carbonyl (C=O) groups excluding carboxylic acids is 1. The van der Waals surface area contributed by atoms with Crippen molar-refractivity contribution in [2.45, 2.75) is 56.6 Å². The number of nitriles is 1. The van der Waals surface area contributed by atoms with Gasteiger partial charge < -0.3 is 29.9 Å². The van der Waals surface area contributed by atoms with Gasteiger partial charge >= 0.3 is 13.7 Å². The predicted molar refractivity (Wildman–Crippen MR) is 143 cm³/mol. The lowest BCUT2D eigenvalue weighted by atomic mass is 9.96. The second-order valence-corrected chi connectivity index (χ2v) is 12.3. The van der Waals surface area contributed by atoms with Crippen molar-refractivity contribution in [3.05, 3.63) is 54.5 Å². The van der Waals surface area contributed by atoms with Gasteiger partial charge in [0.1, 0.15) is 54.6 Å². The van der Waals surface area contributed by atoms with Crippen LogP contribution < -0.4 is 15.3 Å². The molecule has 15 heteroatoms. The molecule has 2 aliphatic rings. The van der Waals surface area contributed by atoms with Crippen LogP contribution in [0.25, 0.3) is 5.52 Å². The number of aliphatic hydroxyl groups is 2. The lowest BCUT2D eigenvalue weighted by Gasteiger charge is -2.28. The molecule has 3 aromatic rings. The summed E-state index contributed by atoms with van der Waals surface area (Å²) in [5.41, 5.74) is 4.39. The summed E-state index contributed by atoms with van der Waals surface area (Å²) in [7, 11) is -4.40. The molecule has 0 spiro atoms. The van der Waals surface area contributed by atoms with E-state index in [0.717, 1.165) is 12.8 Å². The van der Waals surface area contributed by atoms with Crippen LogP contribution in [0.3, 0.4) is 0 Å². The fraction of sp³-hybridized carbons (Fsp3) is 0.462. The van der Waals surface area contributed by atoms with Gasteiger partial charge in [0, 0.05) is 5.41 Å². The number of rotatable bonds is 11. The number of benzene rings is 1. The molecule has 6 atom stereocenters. The number of para-hydroxylation sites is 1. The molecule has 5 N–H and O–H groups in total. The Morgan fingerprint density at radius 1 is 1.29 bits per heavy atom. The number of ether oxygens (including phenoxy) is 2. The van der Waals surface area contributed by atoms with E-state index in [4.69, 9.17) is 24.3 Å². The first-order chi connectivity index (χ1) is 19.5. The van der Waals surface area contributed by atoms with E-state index in [1.807, 2.05) is 13.0 Å². The second kappa shape index (κ2) is 11.0. The molecule has 5 rings (SSSR count). The lowest BCUT2D eigenvalue weighted by Crippen LogP contribution is -2.46. The molecule has 218 valence electrons. The quantitative estimate of drug-likeness (QED) is 0.187. The molecule has 14 nitrogen and oxygen atoms in total. The standard InChI is InChI=1S/C26H31N6O8P/c1-16(24(35)37-13-25(2)10-11-25)31-41(36,40-17-6-4-3-5-7-17)38-14-26(12-27)22(34)20(33)21(39-26)18-8-9-19-23(28)29-15-30-32(18)19/h3-9,15-16,20-22,33-34H,10-11,13-14H2,1-2H3,(H,31,36)(H2,28,29,30)/t16-,20-,21-,22-,26+,41-/m0/s1. The number of aliphatic hydroxyl groups excluding tert-OH is 2. The summed E-state index contributed by atoms with van der Waals surface area (Å²) < 4.78 is 37.8. The Kier molecular flexibility index (Phi) is 7.78. The SMILES string of the molecule is C[C@H](N[P@](=O)(OC[C@@]1(C#N)O[C@@H](c2ccc3c(N)ncnn23)[C@H](O)[C@@H]1O)Oc1ccccc1)C(=O)OCC1(C)CC1. The fourth-order valence-corrected chi connectivity index (χ4v) is 5.91. The summed E-state index contributed by atoms with van der Waals surface area (Å²) in [6.07, 6.45) is -1.49. The number of fused-ring (bicyclic) bond motifs is 1. The van der Waals surface area contributed by atoms with Crippen LogP contribution in [0.1, 0.15) is 38.5 Å². The monoisotopic (exact) mass is 586 g/mol. The van der Waals surface area contributed by atoms with E-state index in [-0.39, 0.29) is 23.6 Å². The zero-order valence-corrected chi connectivity index (χ0v) is 23.3. The van der Waals surface area contributed by atoms with E-state index in [2.05, 4.69) is 15.2 Å². The topological polar surface area (TPSA) is 204 Å². The average molecular weight is 587 g/mol. The zero-order valence-electron chi connectivity index (χ0n) is 22.4. The van der Waals surface area contributed by atoms with Gasteiger partial charge in [-0.25, -0.2) is 14.1 Å². The van der Waals surface area contributed by atoms with Crippen molar-refractivity contribution in [1.29, 1.82) is 5.26 Å². The number of nitrogen functional groups attached to an aromatic ring is 1. The minimum atomic E-state index is -4.40. The molecular weight excluding hydrogens is 555 g/mol. The molecule has 0 amide bonds. The van der Waals surface area contributed by atoms with Crippen molar-refractivity contribution in [3.8, 4) is 11.8 Å². The van der Waals surface area contributed by atoms with E-state index in [1.165, 1.54) is 29.9 Å². The Morgan fingerprint density at radius 2 is 2.02 bits per heavy atom. The van der Waals surface area contributed by atoms with Gasteiger partial charge in [0.05, 0.1) is 12.3 Å². The summed E-state index contributed by atoms with van der Waals surface area (Å²) in [6, 6.07) is 12.0. The highest BCUT2D eigenvalue weighted by molar-refractivity contribution is 7.52. The van der Waals surface area contributed by atoms with Crippen LogP contribution in [0, 0.1) is 16.7 Å². The van der Waals surface area contributed by atoms with Gasteiger partial charge in [-0.1, -0.05) is 25.1 Å². The summed E-state index contributed by atoms with van der Waals surface area (Å²) in [6.45, 7) is 2.87. The maximum atomic E-state index is 13.9. The molecule has 41 heavy (non-hydrogen) atoms. The number of nitrogens with two attached hydrogens (primary N) is 1. The molecule has 2 fully saturated rings. The first kappa shape index (κ1) is 28.9. The van der Waals surface area contributed by atoms with E-state index < -0.39 is 50.3 Å². The number of carbonyl (C=O) groups is 1. The van der Waals surface area contributed by atoms with Crippen molar-refractivity contribution in [2.75, 3.05) is 18.9 Å². The first-order valence-electron chi connectivity index (χ1n) is 13.0. The molecule has 2 aromatic heterocycles. The number of hydrogen-bond acceptors (Lipinski definition) is 12. The Balaban J connectivity index is 1.35. The van der Waals surface area contributed by atoms with Crippen molar-refractivity contribution < 1.29 is 38.1 Å². The van der Waals surface area contributed by atoms with Gasteiger partial charge in [-0.3, -0.25) is 9.32 Å². The third-order valence-electron chi connectivity index (χ3n) is 7.23. The highest BCUT2D eigenvalue weighted by Crippen LogP contribution is 2.49. The Morgan fingerprint density at radius 3 is 2.71 bits per heavy atom. The maximum Gasteiger partial charge on any atom is 0.459 e. The number of esters is 1. The van der Waals surface area contributed by atoms with Gasteiger partial charge in [0.2, 0.25) is 5.60 Å². The molecule has 1 aliphatic heterocycles. The Bertz CT molecular complexity index is 1510. The molecule has 1 aliphatic carbocycles. The van der Waals surface area contributed by atoms with E-state index in [0.29, 0.717) is 11.2 Å². The van der Waals surface area contributed by atoms with Gasteiger partial charge in [-0.05, 0) is 44.0 Å². The summed E-state index contributed by atoms with van der Waals surface area (Å²) in [5.74, 6) is -0.330. The largest absolute Gasteiger partial charge is 0.464 e. The summed E-state index contributed by atoms with van der Waals surface area (Å²) in [5, 5.41) is 38.6. The molecule has 3 heterocycles. The summed E-state index contributed by atoms with van der Waals surface area (Å²) in [4.78, 5) is 16.6. The van der Waals surface area contributed by atoms with Crippen molar-refractivity contribution in [1.82, 2.24) is 19.7 Å². The van der Waals surface area contributed by atoms with E-state index >= 15 is 0 Å². The van der Waals surface area contributed by atoms with Gasteiger partial charge in [-0.2, -0.15) is 15.4 Å². The number of nitrogens with one attached hydrogen (secondary N) is 1. The minimum Gasteiger partial charge on any atom is -0.464 e. The highest BCUT2D eigenvalue weighted by Gasteiger charge is 2.57. The Labute approximate surface area is 235 Å². The second-order valence-electron chi connectivity index (χ2n) is 10.6. The minimum absolute atomic E-state index is 0.0499. The van der Waals surface area contributed by atoms with Gasteiger partial charge in [-0.15, -0.1) is 0 Å². The molecule has 1 aromatic carbocycles. The average Bonchev–Trinajstić information content (AvgIpc) is 3.44. The van der Waals surface area contributed by atoms with Crippen LogP contribution in [0.2, 0.25) is 0 Å². The number of nitrogens with zero attached hydrogens (tertiary/aromatic N) is 4. The van der Waals surface area contributed by atoms with Crippen LogP contribution in [0.5, 0.6) is 5.75 Å². The van der Waals surface area contributed by atoms with Crippen LogP contribution >= 0.6 is 7.75 Å². The van der Waals surface area contributed by atoms with Crippen molar-refractivity contribution in [3.63, 3.8) is 0 Å². The molecule has 0 radical (unpaired) electrons. The van der Waals surface area contributed by atoms with E-state index in [9.17, 15) is 24.8 Å². The predicted octanol–water partition coefficient (Wildman–Crippen LogP) is 1.89. The van der Waals surface area contributed by atoms with Crippen LogP contribution in [-0.2, 0) is 23.4 Å². The van der Waals surface area contributed by atoms with E-state index in [1.54, 1.807) is 30.3 Å². The van der Waals surface area contributed by atoms with Crippen LogP contribution in [0.15, 0.2) is 48.8 Å². The van der Waals surface area contributed by atoms with Crippen LogP contribution in [0.4, 0.5) is 5.82 Å². The van der Waals surface area contributed by atoms with Crippen LogP contribution in [-0.4, -0.2) is 67.8 Å². The normalized spacial score (nSPS) is 27.0. The molecule has 0 unspecified atom stereocenters. The Hall–Kier alpha value is -3.57. The fourth-order valence-electron chi connectivity index (χ4n) is 4.38. The number of hydrogen-bond donors (Lipinski definition) is 4. The third kappa shape index (κ3) is 5.92. The summed E-state index contributed by atoms with van der Waals surface area (Å²) >= 11 is 0. The van der Waals surface area contributed by atoms with Crippen molar-refractivity contribution >= 4 is 25.1 Å². The van der Waals surface area contributed by atoms with Gasteiger partial charge in [0.15, 0.2) is 5.82 Å². The zero-order chi connectivity index (χ0) is 29.4. The molecular formula is C26H31N6O8P. The first-order valence-corrected chi connectivity index (χ1v) is 14.5. The lowest BCUT2D eigenvalue weighted by molar-refractivity contribution is -0.147. The molecule has 1 saturated carbocycles. The number of aromatic nitrogens is 3. The smallest absolute Gasteiger partial charge is 0.459 e. The van der Waals surface area contributed by atoms with Gasteiger partial charge in [0.25, 0.3) is 0 Å². The van der Waals surface area contributed by atoms with Crippen molar-refractivity contribution in [2.24, 2.45) is 5.41 Å². The molecule has 0 bridgehead atoms. The highest BCUT2D eigenvalue weighted by atomic mass is 31.2. The number of anilines is 1. The third-order valence-corrected chi connectivity index (χ3v) is 8.85.